The Morgan fingerprint density at radius 3 is 2.86 bits per heavy atom. The van der Waals surface area contributed by atoms with E-state index in [0.29, 0.717) is 18.4 Å². The fourth-order valence-corrected chi connectivity index (χ4v) is 2.25. The van der Waals surface area contributed by atoms with Crippen molar-refractivity contribution in [3.8, 4) is 0 Å². The molecule has 82 valence electrons. The lowest BCUT2D eigenvalue weighted by Gasteiger charge is -2.21. The molecule has 1 fully saturated rings. The van der Waals surface area contributed by atoms with Crippen molar-refractivity contribution in [2.45, 2.75) is 46.3 Å². The second kappa shape index (κ2) is 5.52. The molecule has 0 spiro atoms. The van der Waals surface area contributed by atoms with E-state index in [2.05, 4.69) is 26.8 Å². The molecule has 0 aliphatic carbocycles. The molecule has 1 saturated heterocycles. The predicted octanol–water partition coefficient (Wildman–Crippen LogP) is 2.72. The third-order valence-electron chi connectivity index (χ3n) is 3.03. The van der Waals surface area contributed by atoms with Gasteiger partial charge >= 0.3 is 0 Å². The van der Waals surface area contributed by atoms with Gasteiger partial charge in [-0.1, -0.05) is 25.5 Å². The molecule has 1 heterocycles. The number of rotatable bonds is 4. The van der Waals surface area contributed by atoms with Crippen LogP contribution in [0.5, 0.6) is 0 Å². The van der Waals surface area contributed by atoms with E-state index >= 15 is 0 Å². The number of aliphatic hydroxyl groups excluding tert-OH is 1. The van der Waals surface area contributed by atoms with E-state index in [0.717, 1.165) is 19.3 Å². The molecule has 0 aromatic heterocycles. The Morgan fingerprint density at radius 2 is 2.36 bits per heavy atom. The highest BCUT2D eigenvalue weighted by atomic mass is 16.6. The summed E-state index contributed by atoms with van der Waals surface area (Å²) in [7, 11) is 0. The number of hydrogen-bond donors (Lipinski definition) is 1. The second-order valence-electron chi connectivity index (χ2n) is 4.35. The van der Waals surface area contributed by atoms with E-state index < -0.39 is 6.29 Å². The van der Waals surface area contributed by atoms with Gasteiger partial charge in [0.1, 0.15) is 0 Å². The second-order valence-corrected chi connectivity index (χ2v) is 4.35. The van der Waals surface area contributed by atoms with Crippen molar-refractivity contribution in [2.24, 2.45) is 11.8 Å². The summed E-state index contributed by atoms with van der Waals surface area (Å²) in [6.07, 6.45) is 4.92. The molecule has 0 radical (unpaired) electrons. The Balaban J connectivity index is 2.41. The Labute approximate surface area is 87.0 Å². The number of ether oxygens (including phenoxy) is 1. The van der Waals surface area contributed by atoms with Crippen LogP contribution in [0.4, 0.5) is 0 Å². The zero-order valence-corrected chi connectivity index (χ0v) is 9.49. The molecule has 0 aromatic carbocycles. The van der Waals surface area contributed by atoms with Crippen molar-refractivity contribution in [1.82, 2.24) is 0 Å². The van der Waals surface area contributed by atoms with Crippen molar-refractivity contribution in [2.75, 3.05) is 6.61 Å². The fourth-order valence-electron chi connectivity index (χ4n) is 2.25. The molecule has 14 heavy (non-hydrogen) atoms. The highest BCUT2D eigenvalue weighted by Gasteiger charge is 2.30. The molecule has 3 unspecified atom stereocenters. The Kier molecular flexibility index (Phi) is 4.63. The van der Waals surface area contributed by atoms with Gasteiger partial charge in [0.05, 0.1) is 6.61 Å². The molecular weight excluding hydrogens is 176 g/mol. The average Bonchev–Trinajstić information content (AvgIpc) is 2.51. The Morgan fingerprint density at radius 1 is 1.64 bits per heavy atom. The molecule has 2 heteroatoms. The van der Waals surface area contributed by atoms with Crippen LogP contribution in [0.15, 0.2) is 11.6 Å². The summed E-state index contributed by atoms with van der Waals surface area (Å²) in [5, 5.41) is 9.56. The Bertz CT molecular complexity index is 198. The van der Waals surface area contributed by atoms with Crippen molar-refractivity contribution in [1.29, 1.82) is 0 Å². The van der Waals surface area contributed by atoms with Crippen molar-refractivity contribution in [3.63, 3.8) is 0 Å². The van der Waals surface area contributed by atoms with Crippen molar-refractivity contribution in [3.05, 3.63) is 11.6 Å². The van der Waals surface area contributed by atoms with Crippen LogP contribution in [0, 0.1) is 11.8 Å². The minimum absolute atomic E-state index is 0.329. The predicted molar refractivity (Wildman–Crippen MR) is 57.9 cm³/mol. The summed E-state index contributed by atoms with van der Waals surface area (Å²) in [6.45, 7) is 7.24. The average molecular weight is 198 g/mol. The van der Waals surface area contributed by atoms with E-state index in [1.165, 1.54) is 5.57 Å². The maximum atomic E-state index is 9.56. The molecule has 0 amide bonds. The van der Waals surface area contributed by atoms with Crippen molar-refractivity contribution < 1.29 is 9.84 Å². The van der Waals surface area contributed by atoms with Crippen LogP contribution >= 0.6 is 0 Å². The molecule has 0 bridgehead atoms. The topological polar surface area (TPSA) is 29.5 Å². The molecule has 1 rings (SSSR count). The van der Waals surface area contributed by atoms with Gasteiger partial charge in [-0.05, 0) is 32.1 Å². The molecule has 1 aliphatic heterocycles. The van der Waals surface area contributed by atoms with Gasteiger partial charge in [-0.3, -0.25) is 0 Å². The highest BCUT2D eigenvalue weighted by Crippen LogP contribution is 2.30. The summed E-state index contributed by atoms with van der Waals surface area (Å²) in [4.78, 5) is 0. The van der Waals surface area contributed by atoms with E-state index in [9.17, 15) is 5.11 Å². The van der Waals surface area contributed by atoms with Crippen LogP contribution in [0.3, 0.4) is 0 Å². The number of aliphatic hydroxyl groups is 1. The van der Waals surface area contributed by atoms with Gasteiger partial charge in [-0.15, -0.1) is 0 Å². The normalized spacial score (nSPS) is 30.7. The first-order chi connectivity index (χ1) is 6.65. The van der Waals surface area contributed by atoms with Gasteiger partial charge in [0.25, 0.3) is 0 Å². The maximum Gasteiger partial charge on any atom is 0.157 e. The minimum Gasteiger partial charge on any atom is -0.368 e. The SMILES string of the molecule is CCC=C(C)CC(C)C1CCOC1O. The van der Waals surface area contributed by atoms with E-state index in [-0.39, 0.29) is 0 Å². The molecule has 0 saturated carbocycles. The number of hydrogen-bond acceptors (Lipinski definition) is 2. The summed E-state index contributed by atoms with van der Waals surface area (Å²) in [6, 6.07) is 0. The van der Waals surface area contributed by atoms with Crippen LogP contribution in [0.1, 0.15) is 40.0 Å². The third kappa shape index (κ3) is 3.10. The minimum atomic E-state index is -0.528. The summed E-state index contributed by atoms with van der Waals surface area (Å²) < 4.78 is 5.16. The lowest BCUT2D eigenvalue weighted by atomic mass is 9.87. The van der Waals surface area contributed by atoms with Gasteiger partial charge in [0, 0.05) is 5.92 Å². The first kappa shape index (κ1) is 11.7. The van der Waals surface area contributed by atoms with Crippen LogP contribution in [0.25, 0.3) is 0 Å². The van der Waals surface area contributed by atoms with E-state index in [1.807, 2.05) is 0 Å². The fraction of sp³-hybridized carbons (Fsp3) is 0.833. The zero-order valence-electron chi connectivity index (χ0n) is 9.49. The first-order valence-electron chi connectivity index (χ1n) is 5.60. The van der Waals surface area contributed by atoms with Gasteiger partial charge in [-0.25, -0.2) is 0 Å². The summed E-state index contributed by atoms with van der Waals surface area (Å²) in [5.74, 6) is 0.852. The third-order valence-corrected chi connectivity index (χ3v) is 3.03. The molecule has 1 N–H and O–H groups in total. The maximum absolute atomic E-state index is 9.56. The largest absolute Gasteiger partial charge is 0.368 e. The van der Waals surface area contributed by atoms with E-state index in [1.54, 1.807) is 0 Å². The van der Waals surface area contributed by atoms with E-state index in [4.69, 9.17) is 4.74 Å². The van der Waals surface area contributed by atoms with Gasteiger partial charge < -0.3 is 9.84 Å². The number of allylic oxidation sites excluding steroid dienone is 2. The van der Waals surface area contributed by atoms with Gasteiger partial charge in [0.2, 0.25) is 0 Å². The lowest BCUT2D eigenvalue weighted by Crippen LogP contribution is -2.21. The zero-order chi connectivity index (χ0) is 10.6. The quantitative estimate of drug-likeness (QED) is 0.704. The Hall–Kier alpha value is -0.340. The standard InChI is InChI=1S/C12H22O2/c1-4-5-9(2)8-10(3)11-6-7-14-12(11)13/h5,10-13H,4,6-8H2,1-3H3. The summed E-state index contributed by atoms with van der Waals surface area (Å²) in [5.41, 5.74) is 1.43. The monoisotopic (exact) mass is 198 g/mol. The first-order valence-corrected chi connectivity index (χ1v) is 5.60. The smallest absolute Gasteiger partial charge is 0.157 e. The molecule has 0 aromatic rings. The lowest BCUT2D eigenvalue weighted by molar-refractivity contribution is -0.0914. The van der Waals surface area contributed by atoms with Crippen LogP contribution in [-0.4, -0.2) is 18.0 Å². The van der Waals surface area contributed by atoms with Crippen LogP contribution in [-0.2, 0) is 4.74 Å². The molecule has 3 atom stereocenters. The molecular formula is C12H22O2. The van der Waals surface area contributed by atoms with Gasteiger partial charge in [-0.2, -0.15) is 0 Å². The summed E-state index contributed by atoms with van der Waals surface area (Å²) >= 11 is 0. The van der Waals surface area contributed by atoms with Gasteiger partial charge in [0.15, 0.2) is 6.29 Å². The van der Waals surface area contributed by atoms with Crippen LogP contribution in [0.2, 0.25) is 0 Å². The van der Waals surface area contributed by atoms with Crippen molar-refractivity contribution >= 4 is 0 Å². The highest BCUT2D eigenvalue weighted by molar-refractivity contribution is 4.99. The molecule has 1 aliphatic rings. The van der Waals surface area contributed by atoms with Crippen LogP contribution < -0.4 is 0 Å². The molecule has 2 nitrogen and oxygen atoms in total.